The van der Waals surface area contributed by atoms with Crippen LogP contribution in [-0.2, 0) is 9.59 Å². The van der Waals surface area contributed by atoms with E-state index in [9.17, 15) is 22.8 Å². The molecular formula is C13H12F3N3O3S. The van der Waals surface area contributed by atoms with E-state index in [2.05, 4.69) is 22.7 Å². The number of benzene rings is 1. The molecule has 124 valence electrons. The van der Waals surface area contributed by atoms with Gasteiger partial charge in [0.1, 0.15) is 11.2 Å². The number of ether oxygens (including phenoxy) is 1. The molecule has 1 aliphatic heterocycles. The number of nitrogens with zero attached hydrogens (tertiary/aromatic N) is 1. The van der Waals surface area contributed by atoms with Crippen LogP contribution in [0.4, 0.5) is 13.2 Å². The van der Waals surface area contributed by atoms with E-state index in [1.54, 1.807) is 0 Å². The third-order valence-electron chi connectivity index (χ3n) is 2.86. The number of nitrogens with one attached hydrogen (secondary N) is 1. The molecule has 1 aromatic carbocycles. The first-order chi connectivity index (χ1) is 10.7. The second-order valence-electron chi connectivity index (χ2n) is 4.55. The molecule has 6 nitrogen and oxygen atoms in total. The molecule has 1 aromatic rings. The Morgan fingerprint density at radius 2 is 2.04 bits per heavy atom. The summed E-state index contributed by atoms with van der Waals surface area (Å²) < 4.78 is 41.5. The van der Waals surface area contributed by atoms with E-state index in [0.29, 0.717) is 0 Å². The minimum atomic E-state index is -4.90. The van der Waals surface area contributed by atoms with Crippen LogP contribution in [0.15, 0.2) is 30.3 Å². The fourth-order valence-corrected chi connectivity index (χ4v) is 2.38. The number of hydrogen-bond acceptors (Lipinski definition) is 5. The number of carbonyl (C=O) groups is 2. The Labute approximate surface area is 134 Å². The van der Waals surface area contributed by atoms with Crippen LogP contribution in [0.3, 0.4) is 0 Å². The quantitative estimate of drug-likeness (QED) is 0.711. The molecule has 0 aliphatic carbocycles. The number of hydrogen-bond donors (Lipinski definition) is 3. The van der Waals surface area contributed by atoms with Gasteiger partial charge in [-0.25, -0.2) is 0 Å². The number of nitrogens with two attached hydrogens (primary N) is 1. The largest absolute Gasteiger partial charge is 0.573 e. The number of carbonyl (C=O) groups excluding carboxylic acids is 2. The molecule has 0 fully saturated rings. The first kappa shape index (κ1) is 17.0. The third kappa shape index (κ3) is 4.31. The molecule has 0 radical (unpaired) electrons. The summed E-state index contributed by atoms with van der Waals surface area (Å²) in [6.07, 6.45) is -3.85. The van der Waals surface area contributed by atoms with Gasteiger partial charge in [0.15, 0.2) is 0 Å². The standard InChI is InChI=1S/C13H12F3N3O3S/c14-13(15,16)22-9-4-2-1-3-7(9)8-5-11(21)18-12(23)19(8)6-10(17)20/h1-5,12,23H,6H2,(H2,17,20)(H,18,21). The molecular weight excluding hydrogens is 335 g/mol. The molecule has 2 amide bonds. The smallest absolute Gasteiger partial charge is 0.405 e. The molecule has 10 heteroatoms. The molecule has 1 heterocycles. The van der Waals surface area contributed by atoms with E-state index in [0.717, 1.165) is 12.1 Å². The lowest BCUT2D eigenvalue weighted by Crippen LogP contribution is -2.50. The first-order valence-electron chi connectivity index (χ1n) is 6.28. The molecule has 0 aromatic heterocycles. The topological polar surface area (TPSA) is 84.7 Å². The van der Waals surface area contributed by atoms with Gasteiger partial charge in [-0.1, -0.05) is 12.1 Å². The van der Waals surface area contributed by atoms with Gasteiger partial charge >= 0.3 is 6.36 Å². The second kappa shape index (κ2) is 6.41. The minimum Gasteiger partial charge on any atom is -0.405 e. The van der Waals surface area contributed by atoms with Crippen molar-refractivity contribution in [1.82, 2.24) is 10.2 Å². The molecule has 2 rings (SSSR count). The van der Waals surface area contributed by atoms with Gasteiger partial charge in [-0.05, 0) is 12.1 Å². The number of para-hydroxylation sites is 1. The third-order valence-corrected chi connectivity index (χ3v) is 3.27. The summed E-state index contributed by atoms with van der Waals surface area (Å²) in [7, 11) is 0. The van der Waals surface area contributed by atoms with Gasteiger partial charge in [0.05, 0.1) is 12.2 Å². The lowest BCUT2D eigenvalue weighted by molar-refractivity contribution is -0.274. The number of thiol groups is 1. The fraction of sp³-hybridized carbons (Fsp3) is 0.231. The number of primary amides is 1. The molecule has 1 unspecified atom stereocenters. The summed E-state index contributed by atoms with van der Waals surface area (Å²) in [6.45, 7) is -0.347. The normalized spacial score (nSPS) is 18.3. The summed E-state index contributed by atoms with van der Waals surface area (Å²) in [5.74, 6) is -1.81. The molecule has 1 atom stereocenters. The zero-order chi connectivity index (χ0) is 17.2. The Kier molecular flexibility index (Phi) is 4.73. The Hall–Kier alpha value is -2.36. The minimum absolute atomic E-state index is 0.0139. The molecule has 23 heavy (non-hydrogen) atoms. The maximum absolute atomic E-state index is 12.5. The van der Waals surface area contributed by atoms with E-state index in [1.807, 2.05) is 0 Å². The Morgan fingerprint density at radius 1 is 1.39 bits per heavy atom. The number of halogens is 3. The van der Waals surface area contributed by atoms with E-state index in [4.69, 9.17) is 5.73 Å². The average molecular weight is 347 g/mol. The summed E-state index contributed by atoms with van der Waals surface area (Å²) in [5.41, 5.74) is 4.25. The van der Waals surface area contributed by atoms with Crippen LogP contribution in [0.25, 0.3) is 5.70 Å². The van der Waals surface area contributed by atoms with Crippen LogP contribution in [0.1, 0.15) is 5.56 Å². The van der Waals surface area contributed by atoms with Gasteiger partial charge in [-0.3, -0.25) is 9.59 Å². The van der Waals surface area contributed by atoms with Crippen molar-refractivity contribution >= 4 is 30.1 Å². The van der Waals surface area contributed by atoms with Crippen molar-refractivity contribution < 1.29 is 27.5 Å². The van der Waals surface area contributed by atoms with Crippen LogP contribution in [-0.4, -0.2) is 35.1 Å². The first-order valence-corrected chi connectivity index (χ1v) is 6.79. The zero-order valence-electron chi connectivity index (χ0n) is 11.5. The van der Waals surface area contributed by atoms with Crippen LogP contribution < -0.4 is 15.8 Å². The lowest BCUT2D eigenvalue weighted by atomic mass is 10.1. The van der Waals surface area contributed by atoms with Crippen LogP contribution in [0.2, 0.25) is 0 Å². The van der Waals surface area contributed by atoms with Crippen LogP contribution in [0, 0.1) is 0 Å². The predicted molar refractivity (Wildman–Crippen MR) is 77.9 cm³/mol. The van der Waals surface area contributed by atoms with E-state index in [-0.39, 0.29) is 17.8 Å². The zero-order valence-corrected chi connectivity index (χ0v) is 12.4. The van der Waals surface area contributed by atoms with Crippen molar-refractivity contribution in [2.45, 2.75) is 11.9 Å². The SMILES string of the molecule is NC(=O)CN1C(c2ccccc2OC(F)(F)F)=CC(=O)NC1S. The fourth-order valence-electron chi connectivity index (χ4n) is 2.05. The molecule has 3 N–H and O–H groups in total. The van der Waals surface area contributed by atoms with E-state index < -0.39 is 29.4 Å². The van der Waals surface area contributed by atoms with Crippen molar-refractivity contribution in [3.8, 4) is 5.75 Å². The summed E-state index contributed by atoms with van der Waals surface area (Å²) in [6, 6.07) is 5.26. The highest BCUT2D eigenvalue weighted by Crippen LogP contribution is 2.34. The Balaban J connectivity index is 2.48. The number of alkyl halides is 3. The maximum atomic E-state index is 12.5. The maximum Gasteiger partial charge on any atom is 0.573 e. The van der Waals surface area contributed by atoms with Crippen LogP contribution in [0.5, 0.6) is 5.75 Å². The van der Waals surface area contributed by atoms with Gasteiger partial charge in [0, 0.05) is 11.6 Å². The highest BCUT2D eigenvalue weighted by atomic mass is 32.1. The van der Waals surface area contributed by atoms with Gasteiger partial charge < -0.3 is 20.7 Å². The molecule has 0 bridgehead atoms. The molecule has 0 saturated heterocycles. The highest BCUT2D eigenvalue weighted by molar-refractivity contribution is 7.80. The highest BCUT2D eigenvalue weighted by Gasteiger charge is 2.34. The van der Waals surface area contributed by atoms with Gasteiger partial charge in [0.25, 0.3) is 0 Å². The van der Waals surface area contributed by atoms with Crippen molar-refractivity contribution in [2.24, 2.45) is 5.73 Å². The second-order valence-corrected chi connectivity index (χ2v) is 5.04. The predicted octanol–water partition coefficient (Wildman–Crippen LogP) is 1.06. The summed E-state index contributed by atoms with van der Waals surface area (Å²) >= 11 is 4.10. The Bertz CT molecular complexity index is 663. The van der Waals surface area contributed by atoms with Crippen LogP contribution >= 0.6 is 12.6 Å². The van der Waals surface area contributed by atoms with Crippen molar-refractivity contribution in [3.63, 3.8) is 0 Å². The molecule has 0 saturated carbocycles. The summed E-state index contributed by atoms with van der Waals surface area (Å²) in [5, 5.41) is 2.41. The number of rotatable bonds is 4. The van der Waals surface area contributed by atoms with E-state index >= 15 is 0 Å². The number of amides is 2. The van der Waals surface area contributed by atoms with Gasteiger partial charge in [0.2, 0.25) is 11.8 Å². The molecule has 1 aliphatic rings. The van der Waals surface area contributed by atoms with E-state index in [1.165, 1.54) is 23.1 Å². The van der Waals surface area contributed by atoms with Crippen molar-refractivity contribution in [2.75, 3.05) is 6.54 Å². The monoisotopic (exact) mass is 347 g/mol. The lowest BCUT2D eigenvalue weighted by Gasteiger charge is -2.35. The Morgan fingerprint density at radius 3 is 2.65 bits per heavy atom. The molecule has 0 spiro atoms. The van der Waals surface area contributed by atoms with Crippen molar-refractivity contribution in [1.29, 1.82) is 0 Å². The van der Waals surface area contributed by atoms with Gasteiger partial charge in [-0.2, -0.15) is 0 Å². The summed E-state index contributed by atoms with van der Waals surface area (Å²) in [4.78, 5) is 24.1. The van der Waals surface area contributed by atoms with Crippen molar-refractivity contribution in [3.05, 3.63) is 35.9 Å². The average Bonchev–Trinajstić information content (AvgIpc) is 2.40. The van der Waals surface area contributed by atoms with Gasteiger partial charge in [-0.15, -0.1) is 25.8 Å².